The maximum absolute atomic E-state index is 13.8. The Hall–Kier alpha value is -3.90. The van der Waals surface area contributed by atoms with Gasteiger partial charge in [-0.05, 0) is 76.4 Å². The number of carbonyl (C=O) groups is 2. The SMILES string of the molecule is CN(C)CC(NC(=O)N1Cc2c(Nc3nccc4cc(N)ccc34)nn(C(=O)O)c2C1(C)C)C1CCOCC1. The van der Waals surface area contributed by atoms with Crippen LogP contribution in [0, 0.1) is 5.92 Å². The number of fused-ring (bicyclic) bond motifs is 2. The highest BCUT2D eigenvalue weighted by Crippen LogP contribution is 2.43. The molecule has 2 aliphatic heterocycles. The number of nitrogens with one attached hydrogen (secondary N) is 2. The Kier molecular flexibility index (Phi) is 7.08. The quantitative estimate of drug-likeness (QED) is 0.348. The minimum atomic E-state index is -1.22. The molecule has 2 aromatic heterocycles. The molecule has 39 heavy (non-hydrogen) atoms. The van der Waals surface area contributed by atoms with Crippen molar-refractivity contribution in [3.63, 3.8) is 0 Å². The molecule has 0 spiro atoms. The van der Waals surface area contributed by atoms with Crippen LogP contribution in [0.3, 0.4) is 0 Å². The number of nitrogens with two attached hydrogens (primary N) is 1. The van der Waals surface area contributed by atoms with E-state index in [2.05, 4.69) is 25.6 Å². The molecule has 1 saturated heterocycles. The van der Waals surface area contributed by atoms with Crippen LogP contribution in [0.25, 0.3) is 10.8 Å². The van der Waals surface area contributed by atoms with Gasteiger partial charge in [-0.15, -0.1) is 5.10 Å². The summed E-state index contributed by atoms with van der Waals surface area (Å²) in [5.41, 5.74) is 6.74. The minimum Gasteiger partial charge on any atom is -0.463 e. The molecule has 4 heterocycles. The Morgan fingerprint density at radius 3 is 2.67 bits per heavy atom. The van der Waals surface area contributed by atoms with E-state index >= 15 is 0 Å². The zero-order valence-electron chi connectivity index (χ0n) is 22.8. The molecule has 1 fully saturated rings. The van der Waals surface area contributed by atoms with E-state index in [0.29, 0.717) is 54.3 Å². The molecule has 2 amide bonds. The fraction of sp³-hybridized carbons (Fsp3) is 0.481. The highest BCUT2D eigenvalue weighted by molar-refractivity contribution is 5.95. The van der Waals surface area contributed by atoms with Crippen LogP contribution in [-0.2, 0) is 16.8 Å². The van der Waals surface area contributed by atoms with Crippen LogP contribution in [0.5, 0.6) is 0 Å². The molecule has 0 bridgehead atoms. The van der Waals surface area contributed by atoms with Crippen LogP contribution in [0.15, 0.2) is 30.5 Å². The molecule has 1 unspecified atom stereocenters. The monoisotopic (exact) mass is 536 g/mol. The van der Waals surface area contributed by atoms with E-state index in [9.17, 15) is 14.7 Å². The van der Waals surface area contributed by atoms with Crippen LogP contribution in [-0.4, -0.2) is 81.7 Å². The first-order chi connectivity index (χ1) is 18.6. The number of anilines is 3. The molecular formula is C27H36N8O4. The van der Waals surface area contributed by atoms with Crippen molar-refractivity contribution < 1.29 is 19.4 Å². The molecule has 1 atom stereocenters. The van der Waals surface area contributed by atoms with Gasteiger partial charge in [0.1, 0.15) is 5.82 Å². The van der Waals surface area contributed by atoms with Gasteiger partial charge in [0.15, 0.2) is 5.82 Å². The van der Waals surface area contributed by atoms with Gasteiger partial charge >= 0.3 is 12.1 Å². The third-order valence-electron chi connectivity index (χ3n) is 7.71. The first-order valence-electron chi connectivity index (χ1n) is 13.1. The Labute approximate surface area is 227 Å². The number of hydrogen-bond donors (Lipinski definition) is 4. The third-order valence-corrected chi connectivity index (χ3v) is 7.71. The summed E-state index contributed by atoms with van der Waals surface area (Å²) in [4.78, 5) is 34.2. The lowest BCUT2D eigenvalue weighted by Crippen LogP contribution is -2.54. The molecule has 12 heteroatoms. The van der Waals surface area contributed by atoms with Gasteiger partial charge in [0.2, 0.25) is 0 Å². The standard InChI is InChI=1S/C27H36N8O4/c1-27(2)22-20(14-34(27)25(36)30-21(15-33(3)4)16-8-11-39-12-9-16)24(32-35(22)26(37)38)31-23-19-6-5-18(28)13-17(19)7-10-29-23/h5-7,10,13,16,21H,8-9,11-12,14-15,28H2,1-4H3,(H,30,36)(H,37,38)(H,29,31,32). The first-order valence-corrected chi connectivity index (χ1v) is 13.1. The molecule has 2 aliphatic rings. The smallest absolute Gasteiger partial charge is 0.432 e. The maximum atomic E-state index is 13.8. The van der Waals surface area contributed by atoms with Crippen molar-refractivity contribution in [3.05, 3.63) is 41.7 Å². The minimum absolute atomic E-state index is 0.0585. The van der Waals surface area contributed by atoms with Crippen LogP contribution in [0.2, 0.25) is 0 Å². The second-order valence-corrected chi connectivity index (χ2v) is 11.0. The van der Waals surface area contributed by atoms with E-state index in [1.165, 1.54) is 0 Å². The molecule has 12 nitrogen and oxygen atoms in total. The highest BCUT2D eigenvalue weighted by atomic mass is 16.5. The van der Waals surface area contributed by atoms with Crippen LogP contribution >= 0.6 is 0 Å². The highest BCUT2D eigenvalue weighted by Gasteiger charge is 2.47. The zero-order valence-corrected chi connectivity index (χ0v) is 22.8. The summed E-state index contributed by atoms with van der Waals surface area (Å²) in [6.07, 6.45) is 2.20. The number of benzene rings is 1. The number of pyridine rings is 1. The lowest BCUT2D eigenvalue weighted by molar-refractivity contribution is 0.0489. The largest absolute Gasteiger partial charge is 0.463 e. The molecule has 0 radical (unpaired) electrons. The van der Waals surface area contributed by atoms with Crippen molar-refractivity contribution in [2.24, 2.45) is 5.92 Å². The molecule has 1 aromatic carbocycles. The molecule has 3 aromatic rings. The number of likely N-dealkylation sites (N-methyl/N-ethyl adjacent to an activating group) is 1. The van der Waals surface area contributed by atoms with Crippen LogP contribution < -0.4 is 16.4 Å². The van der Waals surface area contributed by atoms with Crippen molar-refractivity contribution in [2.75, 3.05) is 44.9 Å². The Bertz CT molecular complexity index is 1400. The van der Waals surface area contributed by atoms with Gasteiger partial charge in [0.05, 0.1) is 17.8 Å². The molecule has 5 N–H and O–H groups in total. The summed E-state index contributed by atoms with van der Waals surface area (Å²) >= 11 is 0. The number of ether oxygens (including phenoxy) is 1. The molecule has 0 saturated carbocycles. The Morgan fingerprint density at radius 2 is 1.97 bits per heavy atom. The Balaban J connectivity index is 1.46. The summed E-state index contributed by atoms with van der Waals surface area (Å²) in [6, 6.07) is 7.05. The molecule has 5 rings (SSSR count). The predicted octanol–water partition coefficient (Wildman–Crippen LogP) is 3.40. The fourth-order valence-electron chi connectivity index (χ4n) is 5.75. The molecule has 0 aliphatic carbocycles. The first kappa shape index (κ1) is 26.7. The van der Waals surface area contributed by atoms with Crippen LogP contribution in [0.4, 0.5) is 26.9 Å². The van der Waals surface area contributed by atoms with E-state index < -0.39 is 11.6 Å². The third kappa shape index (κ3) is 5.09. The van der Waals surface area contributed by atoms with E-state index in [1.807, 2.05) is 46.1 Å². The van der Waals surface area contributed by atoms with Gasteiger partial charge in [-0.3, -0.25) is 0 Å². The van der Waals surface area contributed by atoms with Crippen molar-refractivity contribution in [1.82, 2.24) is 29.9 Å². The average Bonchev–Trinajstić information content (AvgIpc) is 3.39. The van der Waals surface area contributed by atoms with E-state index in [0.717, 1.165) is 28.3 Å². The number of amides is 2. The number of carbonyl (C=O) groups excluding carboxylic acids is 1. The van der Waals surface area contributed by atoms with Gasteiger partial charge < -0.3 is 36.0 Å². The fourth-order valence-corrected chi connectivity index (χ4v) is 5.75. The summed E-state index contributed by atoms with van der Waals surface area (Å²) in [5, 5.41) is 22.6. The van der Waals surface area contributed by atoms with E-state index in [1.54, 1.807) is 17.2 Å². The Morgan fingerprint density at radius 1 is 1.23 bits per heavy atom. The number of hydrogen-bond acceptors (Lipinski definition) is 8. The number of urea groups is 1. The van der Waals surface area contributed by atoms with Crippen molar-refractivity contribution in [1.29, 1.82) is 0 Å². The summed E-state index contributed by atoms with van der Waals surface area (Å²) < 4.78 is 6.50. The van der Waals surface area contributed by atoms with Gasteiger partial charge in [-0.1, -0.05) is 0 Å². The molecule has 208 valence electrons. The van der Waals surface area contributed by atoms with Gasteiger partial charge in [-0.2, -0.15) is 4.68 Å². The second kappa shape index (κ2) is 10.3. The average molecular weight is 537 g/mol. The number of carboxylic acid groups (broad SMARTS) is 1. The number of rotatable bonds is 6. The lowest BCUT2D eigenvalue weighted by Gasteiger charge is -2.37. The summed E-state index contributed by atoms with van der Waals surface area (Å²) in [5.74, 6) is 1.18. The normalized spacial score (nSPS) is 17.8. The number of nitrogens with zero attached hydrogens (tertiary/aromatic N) is 5. The van der Waals surface area contributed by atoms with Gasteiger partial charge in [0.25, 0.3) is 0 Å². The zero-order chi connectivity index (χ0) is 27.9. The van der Waals surface area contributed by atoms with E-state index in [4.69, 9.17) is 10.5 Å². The number of aromatic nitrogens is 3. The summed E-state index contributed by atoms with van der Waals surface area (Å²) in [7, 11) is 3.98. The lowest BCUT2D eigenvalue weighted by atomic mass is 9.91. The number of nitrogen functional groups attached to an aromatic ring is 1. The van der Waals surface area contributed by atoms with E-state index in [-0.39, 0.29) is 18.6 Å². The van der Waals surface area contributed by atoms with Crippen molar-refractivity contribution in [2.45, 2.75) is 44.8 Å². The second-order valence-electron chi connectivity index (χ2n) is 11.0. The van der Waals surface area contributed by atoms with Crippen molar-refractivity contribution >= 4 is 40.2 Å². The van der Waals surface area contributed by atoms with Gasteiger partial charge in [0, 0.05) is 48.6 Å². The summed E-state index contributed by atoms with van der Waals surface area (Å²) in [6.45, 7) is 5.96. The predicted molar refractivity (Wildman–Crippen MR) is 148 cm³/mol. The van der Waals surface area contributed by atoms with Crippen molar-refractivity contribution in [3.8, 4) is 0 Å². The van der Waals surface area contributed by atoms with Crippen LogP contribution in [0.1, 0.15) is 37.9 Å². The maximum Gasteiger partial charge on any atom is 0.432 e. The topological polar surface area (TPSA) is 151 Å². The molecular weight excluding hydrogens is 500 g/mol. The van der Waals surface area contributed by atoms with Gasteiger partial charge in [-0.25, -0.2) is 14.6 Å².